The number of hydrogen-bond acceptors (Lipinski definition) is 5. The smallest absolute Gasteiger partial charge is 0.227 e. The minimum absolute atomic E-state index is 0.0865. The second kappa shape index (κ2) is 7.17. The van der Waals surface area contributed by atoms with Gasteiger partial charge in [-0.1, -0.05) is 19.4 Å². The van der Waals surface area contributed by atoms with Gasteiger partial charge in [-0.3, -0.25) is 4.79 Å². The van der Waals surface area contributed by atoms with Crippen LogP contribution in [0.5, 0.6) is 0 Å². The molecule has 2 atom stereocenters. The maximum atomic E-state index is 12.2. The Labute approximate surface area is 130 Å². The average molecular weight is 301 g/mol. The van der Waals surface area contributed by atoms with Crippen molar-refractivity contribution in [3.05, 3.63) is 35.3 Å². The third-order valence-electron chi connectivity index (χ3n) is 3.93. The molecule has 0 radical (unpaired) electrons. The third kappa shape index (κ3) is 3.51. The summed E-state index contributed by atoms with van der Waals surface area (Å²) in [5.41, 5.74) is 8.74. The largest absolute Gasteiger partial charge is 0.385 e. The van der Waals surface area contributed by atoms with E-state index in [1.807, 2.05) is 25.1 Å². The Balaban J connectivity index is 2.53. The van der Waals surface area contributed by atoms with Crippen LogP contribution in [-0.2, 0) is 4.79 Å². The second-order valence-electron chi connectivity index (χ2n) is 5.56. The number of carbonyl (C=O) groups is 1. The first kappa shape index (κ1) is 16.2. The molecule has 2 rings (SSSR count). The van der Waals surface area contributed by atoms with Crippen molar-refractivity contribution in [1.29, 1.82) is 5.41 Å². The van der Waals surface area contributed by atoms with Gasteiger partial charge in [-0.15, -0.1) is 0 Å². The third-order valence-corrected chi connectivity index (χ3v) is 3.93. The molecule has 1 aromatic heterocycles. The van der Waals surface area contributed by atoms with E-state index in [1.54, 1.807) is 7.05 Å². The number of hydrogen-bond donors (Lipinski definition) is 4. The molecule has 0 spiro atoms. The first-order valence-electron chi connectivity index (χ1n) is 7.53. The normalized spacial score (nSPS) is 26.4. The van der Waals surface area contributed by atoms with Crippen LogP contribution in [0.2, 0.25) is 0 Å². The predicted octanol–water partition coefficient (Wildman–Crippen LogP) is 1.56. The van der Waals surface area contributed by atoms with Crippen molar-refractivity contribution in [2.45, 2.75) is 32.2 Å². The first-order valence-corrected chi connectivity index (χ1v) is 7.53. The molecule has 6 nitrogen and oxygen atoms in total. The summed E-state index contributed by atoms with van der Waals surface area (Å²) < 4.78 is 0. The Hall–Kier alpha value is -2.21. The van der Waals surface area contributed by atoms with Crippen molar-refractivity contribution in [3.8, 4) is 0 Å². The molecule has 0 saturated carbocycles. The molecule has 0 aliphatic carbocycles. The standard InChI is InChI=1S/C16H23N5O/c1-10-5-3-6-11(18)12-7-4-8-13(20-12)15(19-2)14(9-17)21-16(10)22/h4,7-11,17,19H,3,5-6,18H2,1-2H3,(H,21,22)/b15-14+,17-9?. The lowest BCUT2D eigenvalue weighted by molar-refractivity contribution is -0.123. The average Bonchev–Trinajstić information content (AvgIpc) is 2.53. The Morgan fingerprint density at radius 3 is 2.91 bits per heavy atom. The highest BCUT2D eigenvalue weighted by molar-refractivity contribution is 5.94. The van der Waals surface area contributed by atoms with Crippen LogP contribution in [0.25, 0.3) is 5.70 Å². The quantitative estimate of drug-likeness (QED) is 0.622. The van der Waals surface area contributed by atoms with Gasteiger partial charge < -0.3 is 21.8 Å². The Kier molecular flexibility index (Phi) is 5.27. The first-order chi connectivity index (χ1) is 10.6. The number of carbonyl (C=O) groups excluding carboxylic acids is 1. The van der Waals surface area contributed by atoms with E-state index in [4.69, 9.17) is 11.1 Å². The molecule has 0 fully saturated rings. The van der Waals surface area contributed by atoms with Gasteiger partial charge >= 0.3 is 0 Å². The summed E-state index contributed by atoms with van der Waals surface area (Å²) in [6.45, 7) is 1.89. The van der Waals surface area contributed by atoms with Gasteiger partial charge in [0.2, 0.25) is 5.91 Å². The number of nitrogens with zero attached hydrogens (tertiary/aromatic N) is 1. The maximum absolute atomic E-state index is 12.2. The molecule has 6 heteroatoms. The van der Waals surface area contributed by atoms with Gasteiger partial charge in [-0.05, 0) is 25.0 Å². The Bertz CT molecular complexity index is 596. The van der Waals surface area contributed by atoms with E-state index >= 15 is 0 Å². The van der Waals surface area contributed by atoms with Gasteiger partial charge in [0, 0.05) is 25.2 Å². The van der Waals surface area contributed by atoms with Crippen LogP contribution < -0.4 is 16.4 Å². The topological polar surface area (TPSA) is 104 Å². The molecule has 1 aromatic rings. The number of pyridine rings is 1. The summed E-state index contributed by atoms with van der Waals surface area (Å²) in [5, 5.41) is 13.4. The maximum Gasteiger partial charge on any atom is 0.227 e. The number of rotatable bonds is 2. The van der Waals surface area contributed by atoms with Crippen LogP contribution in [0, 0.1) is 11.3 Å². The van der Waals surface area contributed by atoms with Gasteiger partial charge in [-0.25, -0.2) is 4.98 Å². The zero-order valence-electron chi connectivity index (χ0n) is 13.0. The molecule has 2 heterocycles. The fourth-order valence-electron chi connectivity index (χ4n) is 2.55. The molecule has 2 unspecified atom stereocenters. The number of aromatic nitrogens is 1. The summed E-state index contributed by atoms with van der Waals surface area (Å²) in [6, 6.07) is 5.51. The number of fused-ring (bicyclic) bond motifs is 2. The van der Waals surface area contributed by atoms with E-state index in [0.717, 1.165) is 31.2 Å². The highest BCUT2D eigenvalue weighted by Gasteiger charge is 2.19. The molecule has 0 aromatic carbocycles. The fourth-order valence-corrected chi connectivity index (χ4v) is 2.55. The molecule has 22 heavy (non-hydrogen) atoms. The van der Waals surface area contributed by atoms with Gasteiger partial charge in [0.15, 0.2) is 0 Å². The van der Waals surface area contributed by atoms with Crippen LogP contribution in [0.1, 0.15) is 43.6 Å². The monoisotopic (exact) mass is 301 g/mol. The van der Waals surface area contributed by atoms with Crippen LogP contribution in [0.4, 0.5) is 0 Å². The number of nitrogens with two attached hydrogens (primary N) is 1. The summed E-state index contributed by atoms with van der Waals surface area (Å²) in [5.74, 6) is -0.206. The van der Waals surface area contributed by atoms with Crippen molar-refractivity contribution in [2.24, 2.45) is 11.7 Å². The summed E-state index contributed by atoms with van der Waals surface area (Å²) in [6.07, 6.45) is 3.56. The highest BCUT2D eigenvalue weighted by atomic mass is 16.1. The molecule has 2 bridgehead atoms. The predicted molar refractivity (Wildman–Crippen MR) is 87.1 cm³/mol. The molecule has 1 aliphatic rings. The van der Waals surface area contributed by atoms with E-state index in [0.29, 0.717) is 17.1 Å². The molecular weight excluding hydrogens is 278 g/mol. The van der Waals surface area contributed by atoms with E-state index in [9.17, 15) is 4.79 Å². The fraction of sp³-hybridized carbons (Fsp3) is 0.438. The Morgan fingerprint density at radius 2 is 2.23 bits per heavy atom. The van der Waals surface area contributed by atoms with Gasteiger partial charge in [-0.2, -0.15) is 0 Å². The highest BCUT2D eigenvalue weighted by Crippen LogP contribution is 2.21. The van der Waals surface area contributed by atoms with Crippen molar-refractivity contribution < 1.29 is 4.79 Å². The molecule has 1 aliphatic heterocycles. The second-order valence-corrected chi connectivity index (χ2v) is 5.56. The van der Waals surface area contributed by atoms with E-state index < -0.39 is 0 Å². The lowest BCUT2D eigenvalue weighted by Gasteiger charge is -2.19. The van der Waals surface area contributed by atoms with E-state index in [2.05, 4.69) is 15.6 Å². The van der Waals surface area contributed by atoms with Crippen LogP contribution in [0.15, 0.2) is 23.9 Å². The molecule has 118 valence electrons. The summed E-state index contributed by atoms with van der Waals surface area (Å²) >= 11 is 0. The van der Waals surface area contributed by atoms with Crippen LogP contribution in [-0.4, -0.2) is 24.2 Å². The van der Waals surface area contributed by atoms with E-state index in [1.165, 1.54) is 0 Å². The molecule has 1 amide bonds. The summed E-state index contributed by atoms with van der Waals surface area (Å²) in [4.78, 5) is 16.8. The lowest BCUT2D eigenvalue weighted by Crippen LogP contribution is -2.32. The van der Waals surface area contributed by atoms with Gasteiger partial charge in [0.05, 0.1) is 22.8 Å². The lowest BCUT2D eigenvalue weighted by atomic mass is 9.98. The van der Waals surface area contributed by atoms with E-state index in [-0.39, 0.29) is 17.9 Å². The number of amides is 1. The van der Waals surface area contributed by atoms with Crippen molar-refractivity contribution in [3.63, 3.8) is 0 Å². The van der Waals surface area contributed by atoms with Crippen molar-refractivity contribution >= 4 is 17.8 Å². The molecule has 5 N–H and O–H groups in total. The number of nitrogens with one attached hydrogen (secondary N) is 3. The molecule has 0 saturated heterocycles. The minimum atomic E-state index is -0.142. The zero-order chi connectivity index (χ0) is 16.1. The van der Waals surface area contributed by atoms with Gasteiger partial charge in [0.25, 0.3) is 0 Å². The van der Waals surface area contributed by atoms with Crippen molar-refractivity contribution in [1.82, 2.24) is 15.6 Å². The minimum Gasteiger partial charge on any atom is -0.385 e. The zero-order valence-corrected chi connectivity index (χ0v) is 13.0. The Morgan fingerprint density at radius 1 is 1.45 bits per heavy atom. The van der Waals surface area contributed by atoms with Gasteiger partial charge in [0.1, 0.15) is 0 Å². The summed E-state index contributed by atoms with van der Waals surface area (Å²) in [7, 11) is 1.74. The SMILES string of the molecule is CN/C1=C(\C=N)NC(=O)C(C)CCCC(N)c2cccc1n2. The number of allylic oxidation sites excluding steroid dienone is 1. The van der Waals surface area contributed by atoms with Crippen LogP contribution in [0.3, 0.4) is 0 Å². The van der Waals surface area contributed by atoms with Crippen LogP contribution >= 0.6 is 0 Å². The molecular formula is C16H23N5O. The van der Waals surface area contributed by atoms with Crippen molar-refractivity contribution in [2.75, 3.05) is 7.05 Å².